The Bertz CT molecular complexity index is 422. The van der Waals surface area contributed by atoms with Gasteiger partial charge in [-0.15, -0.1) is 0 Å². The number of carbonyl (C=O) groups excluding carboxylic acids is 1. The second-order valence-corrected chi connectivity index (χ2v) is 3.33. The Morgan fingerprint density at radius 2 is 2.20 bits per heavy atom. The van der Waals surface area contributed by atoms with E-state index in [1.165, 1.54) is 6.08 Å². The molecule has 0 fully saturated rings. The van der Waals surface area contributed by atoms with Crippen molar-refractivity contribution in [2.24, 2.45) is 4.99 Å². The molecule has 0 aliphatic carbocycles. The van der Waals surface area contributed by atoms with E-state index < -0.39 is 0 Å². The van der Waals surface area contributed by atoms with Crippen molar-refractivity contribution in [1.29, 1.82) is 0 Å². The molecule has 0 saturated carbocycles. The number of nitrogens with zero attached hydrogens (tertiary/aromatic N) is 1. The Morgan fingerprint density at radius 1 is 1.47 bits per heavy atom. The molecular formula is C11H11NO3. The standard InChI is InChI=1S/C11H11NO3/c1-14-11-3-10-6-15-5-9(10)2-8(11)4-12-7-13/h2-3H,4-6H2,1H3. The maximum Gasteiger partial charge on any atom is 0.235 e. The summed E-state index contributed by atoms with van der Waals surface area (Å²) in [6.07, 6.45) is 1.52. The highest BCUT2D eigenvalue weighted by Gasteiger charge is 2.15. The van der Waals surface area contributed by atoms with Gasteiger partial charge in [-0.3, -0.25) is 0 Å². The van der Waals surface area contributed by atoms with E-state index in [2.05, 4.69) is 4.99 Å². The highest BCUT2D eigenvalue weighted by molar-refractivity contribution is 5.44. The molecule has 0 saturated heterocycles. The van der Waals surface area contributed by atoms with E-state index >= 15 is 0 Å². The third-order valence-corrected chi connectivity index (χ3v) is 2.43. The number of aliphatic imine (C=N–C) groups is 1. The normalized spacial score (nSPS) is 13.1. The molecule has 0 aromatic heterocycles. The zero-order valence-corrected chi connectivity index (χ0v) is 8.45. The van der Waals surface area contributed by atoms with Crippen molar-refractivity contribution < 1.29 is 14.3 Å². The van der Waals surface area contributed by atoms with Crippen LogP contribution in [-0.2, 0) is 29.3 Å². The molecule has 2 rings (SSSR count). The second-order valence-electron chi connectivity index (χ2n) is 3.33. The van der Waals surface area contributed by atoms with Gasteiger partial charge in [0.1, 0.15) is 5.75 Å². The van der Waals surface area contributed by atoms with E-state index in [1.54, 1.807) is 7.11 Å². The number of rotatable bonds is 3. The van der Waals surface area contributed by atoms with Crippen molar-refractivity contribution in [3.8, 4) is 5.75 Å². The van der Waals surface area contributed by atoms with Crippen LogP contribution in [0.3, 0.4) is 0 Å². The van der Waals surface area contributed by atoms with Crippen molar-refractivity contribution in [2.45, 2.75) is 19.8 Å². The average Bonchev–Trinajstić information content (AvgIpc) is 2.71. The molecule has 0 atom stereocenters. The van der Waals surface area contributed by atoms with Gasteiger partial charge in [0.25, 0.3) is 0 Å². The monoisotopic (exact) mass is 205 g/mol. The van der Waals surface area contributed by atoms with Crippen LogP contribution in [0.1, 0.15) is 16.7 Å². The third-order valence-electron chi connectivity index (χ3n) is 2.43. The van der Waals surface area contributed by atoms with Gasteiger partial charge in [-0.05, 0) is 23.3 Å². The maximum atomic E-state index is 10.1. The number of isocyanates is 1. The number of hydrogen-bond acceptors (Lipinski definition) is 4. The van der Waals surface area contributed by atoms with Crippen LogP contribution in [0.2, 0.25) is 0 Å². The molecule has 1 aliphatic heterocycles. The molecule has 0 unspecified atom stereocenters. The smallest absolute Gasteiger partial charge is 0.235 e. The molecular weight excluding hydrogens is 194 g/mol. The Morgan fingerprint density at radius 3 is 2.87 bits per heavy atom. The van der Waals surface area contributed by atoms with Crippen LogP contribution in [0.4, 0.5) is 0 Å². The summed E-state index contributed by atoms with van der Waals surface area (Å²) in [6, 6.07) is 3.92. The number of benzene rings is 1. The van der Waals surface area contributed by atoms with Gasteiger partial charge in [0.05, 0.1) is 26.9 Å². The molecule has 78 valence electrons. The molecule has 4 heteroatoms. The minimum atomic E-state index is 0.306. The zero-order valence-electron chi connectivity index (χ0n) is 8.45. The summed E-state index contributed by atoms with van der Waals surface area (Å²) in [4.78, 5) is 13.6. The molecule has 15 heavy (non-hydrogen) atoms. The van der Waals surface area contributed by atoms with Gasteiger partial charge >= 0.3 is 0 Å². The first-order valence-electron chi connectivity index (χ1n) is 4.65. The van der Waals surface area contributed by atoms with Crippen molar-refractivity contribution in [3.05, 3.63) is 28.8 Å². The Kier molecular flexibility index (Phi) is 2.81. The fourth-order valence-electron chi connectivity index (χ4n) is 1.69. The molecule has 0 amide bonds. The number of fused-ring (bicyclic) bond motifs is 1. The first-order chi connectivity index (χ1) is 7.35. The van der Waals surface area contributed by atoms with Crippen LogP contribution in [-0.4, -0.2) is 13.2 Å². The summed E-state index contributed by atoms with van der Waals surface area (Å²) < 4.78 is 10.5. The lowest BCUT2D eigenvalue weighted by molar-refractivity contribution is 0.134. The highest BCUT2D eigenvalue weighted by atomic mass is 16.5. The summed E-state index contributed by atoms with van der Waals surface area (Å²) in [5.41, 5.74) is 3.18. The van der Waals surface area contributed by atoms with E-state index in [4.69, 9.17) is 9.47 Å². The molecule has 0 bridgehead atoms. The van der Waals surface area contributed by atoms with Gasteiger partial charge in [0.2, 0.25) is 6.08 Å². The van der Waals surface area contributed by atoms with E-state index in [-0.39, 0.29) is 0 Å². The molecule has 0 spiro atoms. The van der Waals surface area contributed by atoms with E-state index in [0.717, 1.165) is 22.4 Å². The van der Waals surface area contributed by atoms with Gasteiger partial charge in [-0.25, -0.2) is 9.79 Å². The van der Waals surface area contributed by atoms with Gasteiger partial charge in [0.15, 0.2) is 0 Å². The van der Waals surface area contributed by atoms with Crippen LogP contribution < -0.4 is 4.74 Å². The van der Waals surface area contributed by atoms with Gasteiger partial charge < -0.3 is 9.47 Å². The number of methoxy groups -OCH3 is 1. The van der Waals surface area contributed by atoms with Gasteiger partial charge in [-0.1, -0.05) is 0 Å². The molecule has 1 heterocycles. The Balaban J connectivity index is 2.39. The third kappa shape index (κ3) is 1.91. The minimum absolute atomic E-state index is 0.306. The summed E-state index contributed by atoms with van der Waals surface area (Å²) in [6.45, 7) is 1.56. The lowest BCUT2D eigenvalue weighted by Crippen LogP contribution is -1.94. The van der Waals surface area contributed by atoms with Crippen LogP contribution in [0, 0.1) is 0 Å². The molecule has 0 N–H and O–H groups in total. The van der Waals surface area contributed by atoms with Crippen LogP contribution in [0.15, 0.2) is 17.1 Å². The first-order valence-corrected chi connectivity index (χ1v) is 4.65. The number of ether oxygens (including phenoxy) is 2. The average molecular weight is 205 g/mol. The van der Waals surface area contributed by atoms with Crippen molar-refractivity contribution >= 4 is 6.08 Å². The largest absolute Gasteiger partial charge is 0.496 e. The van der Waals surface area contributed by atoms with Crippen LogP contribution >= 0.6 is 0 Å². The van der Waals surface area contributed by atoms with Gasteiger partial charge in [0, 0.05) is 5.56 Å². The van der Waals surface area contributed by atoms with Crippen LogP contribution in [0.5, 0.6) is 5.75 Å². The second kappa shape index (κ2) is 4.26. The SMILES string of the molecule is COc1cc2c(cc1CN=C=O)COC2. The molecule has 1 aromatic carbocycles. The Labute approximate surface area is 87.5 Å². The fourth-order valence-corrected chi connectivity index (χ4v) is 1.69. The van der Waals surface area contributed by atoms with Crippen molar-refractivity contribution in [1.82, 2.24) is 0 Å². The molecule has 1 aromatic rings. The molecule has 4 nitrogen and oxygen atoms in total. The lowest BCUT2D eigenvalue weighted by Gasteiger charge is -2.08. The van der Waals surface area contributed by atoms with Crippen molar-refractivity contribution in [3.63, 3.8) is 0 Å². The lowest BCUT2D eigenvalue weighted by atomic mass is 10.1. The maximum absolute atomic E-state index is 10.1. The van der Waals surface area contributed by atoms with Gasteiger partial charge in [-0.2, -0.15) is 0 Å². The summed E-state index contributed by atoms with van der Waals surface area (Å²) in [5.74, 6) is 0.748. The van der Waals surface area contributed by atoms with E-state index in [9.17, 15) is 4.79 Å². The van der Waals surface area contributed by atoms with E-state index in [1.807, 2.05) is 12.1 Å². The highest BCUT2D eigenvalue weighted by Crippen LogP contribution is 2.28. The minimum Gasteiger partial charge on any atom is -0.496 e. The van der Waals surface area contributed by atoms with Crippen molar-refractivity contribution in [2.75, 3.05) is 7.11 Å². The molecule has 0 radical (unpaired) electrons. The zero-order chi connectivity index (χ0) is 10.7. The predicted molar refractivity (Wildman–Crippen MR) is 53.3 cm³/mol. The van der Waals surface area contributed by atoms with E-state index in [0.29, 0.717) is 19.8 Å². The Hall–Kier alpha value is -1.64. The predicted octanol–water partition coefficient (Wildman–Crippen LogP) is 1.56. The topological polar surface area (TPSA) is 47.9 Å². The summed E-state index contributed by atoms with van der Waals surface area (Å²) in [5, 5.41) is 0. The quantitative estimate of drug-likeness (QED) is 0.555. The first kappa shape index (κ1) is 9.90. The molecule has 1 aliphatic rings. The summed E-state index contributed by atoms with van der Waals surface area (Å²) in [7, 11) is 1.60. The van der Waals surface area contributed by atoms with Crippen LogP contribution in [0.25, 0.3) is 0 Å². The summed E-state index contributed by atoms with van der Waals surface area (Å²) >= 11 is 0. The number of hydrogen-bond donors (Lipinski definition) is 0. The fraction of sp³-hybridized carbons (Fsp3) is 0.364.